The number of carbonyl (C=O) groups is 1. The van der Waals surface area contributed by atoms with Gasteiger partial charge in [0.15, 0.2) is 5.82 Å². The normalized spacial score (nSPS) is 17.4. The summed E-state index contributed by atoms with van der Waals surface area (Å²) >= 11 is 0. The summed E-state index contributed by atoms with van der Waals surface area (Å²) in [7, 11) is 5.78. The van der Waals surface area contributed by atoms with Gasteiger partial charge in [-0.05, 0) is 42.5 Å². The molecule has 0 saturated carbocycles. The van der Waals surface area contributed by atoms with Crippen LogP contribution >= 0.6 is 18.5 Å². The first-order chi connectivity index (χ1) is 15.4. The molecule has 2 aromatic carbocycles. The Morgan fingerprint density at radius 1 is 1.03 bits per heavy atom. The minimum Gasteiger partial charge on any atom is -0.354 e. The van der Waals surface area contributed by atoms with E-state index in [4.69, 9.17) is 0 Å². The molecule has 1 fully saturated rings. The number of halogens is 1. The smallest absolute Gasteiger partial charge is 0.228 e. The van der Waals surface area contributed by atoms with Crippen molar-refractivity contribution in [1.82, 2.24) is 4.98 Å². The second-order valence-electron chi connectivity index (χ2n) is 8.80. The summed E-state index contributed by atoms with van der Waals surface area (Å²) in [4.78, 5) is 20.2. The Hall–Kier alpha value is -2.35. The minimum absolute atomic E-state index is 0.00402. The third kappa shape index (κ3) is 4.17. The van der Waals surface area contributed by atoms with Crippen molar-refractivity contribution in [2.75, 3.05) is 23.3 Å². The Kier molecular flexibility index (Phi) is 5.73. The Morgan fingerprint density at radius 3 is 2.38 bits per heavy atom. The van der Waals surface area contributed by atoms with Gasteiger partial charge in [-0.15, -0.1) is 18.5 Å². The molecule has 1 saturated heterocycles. The number of aromatic nitrogens is 1. The van der Waals surface area contributed by atoms with Gasteiger partial charge in [-0.1, -0.05) is 42.5 Å². The fraction of sp³-hybridized carbons (Fsp3) is 0.280. The van der Waals surface area contributed by atoms with Gasteiger partial charge < -0.3 is 10.2 Å². The standard InChI is InChI=1S/C25H26FN3OP2/c26-21-8-4-3-7-19(21)20-9-11-27-23(29-12-10-25(31,32)15-29)22(20)28-24(30)18-13-16-5-1-2-6-17(16)14-18/h1-9,11,18H,10,12-15,31-32H2,(H,28,30). The van der Waals surface area contributed by atoms with Crippen molar-refractivity contribution in [1.29, 1.82) is 0 Å². The highest BCUT2D eigenvalue weighted by Crippen LogP contribution is 2.43. The van der Waals surface area contributed by atoms with Crippen molar-refractivity contribution >= 4 is 35.9 Å². The zero-order valence-electron chi connectivity index (χ0n) is 17.7. The van der Waals surface area contributed by atoms with E-state index in [9.17, 15) is 9.18 Å². The first-order valence-corrected chi connectivity index (χ1v) is 12.0. The second kappa shape index (κ2) is 8.54. The van der Waals surface area contributed by atoms with Crippen LogP contribution in [-0.2, 0) is 17.6 Å². The maximum Gasteiger partial charge on any atom is 0.228 e. The maximum atomic E-state index is 14.8. The molecule has 2 aliphatic rings. The number of carbonyl (C=O) groups excluding carboxylic acids is 1. The molecule has 32 heavy (non-hydrogen) atoms. The molecule has 0 spiro atoms. The predicted molar refractivity (Wildman–Crippen MR) is 135 cm³/mol. The number of nitrogens with zero attached hydrogens (tertiary/aromatic N) is 2. The average Bonchev–Trinajstić information content (AvgIpc) is 3.37. The van der Waals surface area contributed by atoms with Gasteiger partial charge >= 0.3 is 0 Å². The number of amides is 1. The van der Waals surface area contributed by atoms with E-state index in [0.29, 0.717) is 22.6 Å². The molecule has 2 unspecified atom stereocenters. The molecule has 0 bridgehead atoms. The fourth-order valence-electron chi connectivity index (χ4n) is 4.72. The van der Waals surface area contributed by atoms with E-state index in [1.54, 1.807) is 24.4 Å². The van der Waals surface area contributed by atoms with Gasteiger partial charge in [-0.25, -0.2) is 9.37 Å². The van der Waals surface area contributed by atoms with E-state index >= 15 is 0 Å². The molecular formula is C25H26FN3OP2. The Balaban J connectivity index is 1.52. The topological polar surface area (TPSA) is 45.2 Å². The van der Waals surface area contributed by atoms with Gasteiger partial charge in [0.2, 0.25) is 5.91 Å². The molecule has 2 heterocycles. The molecule has 1 aromatic heterocycles. The van der Waals surface area contributed by atoms with Gasteiger partial charge in [-0.2, -0.15) is 0 Å². The Labute approximate surface area is 192 Å². The molecule has 0 radical (unpaired) electrons. The Bertz CT molecular complexity index is 1160. The summed E-state index contributed by atoms with van der Waals surface area (Å²) in [5.41, 5.74) is 4.16. The predicted octanol–water partition coefficient (Wildman–Crippen LogP) is 4.90. The SMILES string of the molecule is O=C(Nc1c(-c2ccccc2F)ccnc1N1CCC(P)(P)C1)C1Cc2ccccc2C1. The molecule has 1 N–H and O–H groups in total. The third-order valence-corrected chi connectivity index (χ3v) is 7.34. The molecule has 4 nitrogen and oxygen atoms in total. The van der Waals surface area contributed by atoms with E-state index in [2.05, 4.69) is 45.8 Å². The minimum atomic E-state index is -0.318. The van der Waals surface area contributed by atoms with Crippen LogP contribution in [0.3, 0.4) is 0 Å². The number of rotatable bonds is 4. The van der Waals surface area contributed by atoms with Crippen LogP contribution in [0.15, 0.2) is 60.8 Å². The number of hydrogen-bond acceptors (Lipinski definition) is 3. The molecule has 3 aromatic rings. The maximum absolute atomic E-state index is 14.8. The average molecular weight is 465 g/mol. The van der Waals surface area contributed by atoms with Crippen molar-refractivity contribution < 1.29 is 9.18 Å². The third-order valence-electron chi connectivity index (χ3n) is 6.40. The van der Waals surface area contributed by atoms with Crippen LogP contribution in [0.4, 0.5) is 15.9 Å². The van der Waals surface area contributed by atoms with Gasteiger partial charge in [0.05, 0.1) is 5.69 Å². The van der Waals surface area contributed by atoms with Crippen LogP contribution in [0.1, 0.15) is 17.5 Å². The summed E-state index contributed by atoms with van der Waals surface area (Å²) < 4.78 is 14.8. The lowest BCUT2D eigenvalue weighted by Crippen LogP contribution is -2.28. The van der Waals surface area contributed by atoms with Crippen molar-refractivity contribution in [2.24, 2.45) is 5.92 Å². The molecule has 164 valence electrons. The van der Waals surface area contributed by atoms with Gasteiger partial charge in [0.25, 0.3) is 0 Å². The largest absolute Gasteiger partial charge is 0.354 e. The van der Waals surface area contributed by atoms with Crippen LogP contribution in [0.5, 0.6) is 0 Å². The number of hydrogen-bond donors (Lipinski definition) is 1. The zero-order valence-corrected chi connectivity index (χ0v) is 20.0. The summed E-state index contributed by atoms with van der Waals surface area (Å²) in [6.07, 6.45) is 4.11. The fourth-order valence-corrected chi connectivity index (χ4v) is 5.42. The molecular weight excluding hydrogens is 439 g/mol. The summed E-state index contributed by atoms with van der Waals surface area (Å²) in [6.45, 7) is 1.59. The summed E-state index contributed by atoms with van der Waals surface area (Å²) in [5.74, 6) is 0.188. The van der Waals surface area contributed by atoms with E-state index < -0.39 is 0 Å². The van der Waals surface area contributed by atoms with E-state index in [0.717, 1.165) is 32.4 Å². The zero-order chi connectivity index (χ0) is 22.3. The highest BCUT2D eigenvalue weighted by atomic mass is 31.1. The van der Waals surface area contributed by atoms with Crippen LogP contribution in [0.25, 0.3) is 11.1 Å². The molecule has 1 amide bonds. The monoisotopic (exact) mass is 465 g/mol. The van der Waals surface area contributed by atoms with Crippen LogP contribution in [0.2, 0.25) is 0 Å². The quantitative estimate of drug-likeness (QED) is 0.558. The molecule has 2 atom stereocenters. The summed E-state index contributed by atoms with van der Waals surface area (Å²) in [6, 6.07) is 16.7. The van der Waals surface area contributed by atoms with Crippen LogP contribution in [-0.4, -0.2) is 28.9 Å². The Morgan fingerprint density at radius 2 is 1.72 bits per heavy atom. The van der Waals surface area contributed by atoms with Crippen molar-refractivity contribution in [3.63, 3.8) is 0 Å². The first kappa shape index (κ1) is 21.5. The number of anilines is 2. The lowest BCUT2D eigenvalue weighted by Gasteiger charge is -2.25. The molecule has 1 aliphatic carbocycles. The number of nitrogens with one attached hydrogen (secondary N) is 1. The van der Waals surface area contributed by atoms with E-state index in [1.807, 2.05) is 18.2 Å². The molecule has 1 aliphatic heterocycles. The van der Waals surface area contributed by atoms with Gasteiger partial charge in [-0.3, -0.25) is 4.79 Å². The first-order valence-electron chi connectivity index (χ1n) is 10.9. The van der Waals surface area contributed by atoms with E-state index in [-0.39, 0.29) is 22.5 Å². The lowest BCUT2D eigenvalue weighted by molar-refractivity contribution is -0.119. The van der Waals surface area contributed by atoms with Gasteiger partial charge in [0, 0.05) is 41.2 Å². The lowest BCUT2D eigenvalue weighted by atomic mass is 10.0. The second-order valence-corrected chi connectivity index (χ2v) is 11.8. The highest BCUT2D eigenvalue weighted by Gasteiger charge is 2.34. The van der Waals surface area contributed by atoms with Crippen molar-refractivity contribution in [3.05, 3.63) is 77.7 Å². The van der Waals surface area contributed by atoms with E-state index in [1.165, 1.54) is 17.2 Å². The summed E-state index contributed by atoms with van der Waals surface area (Å²) in [5, 5.41) is 3.16. The van der Waals surface area contributed by atoms with Crippen LogP contribution in [0, 0.1) is 11.7 Å². The van der Waals surface area contributed by atoms with Crippen molar-refractivity contribution in [3.8, 4) is 11.1 Å². The molecule has 5 rings (SSSR count). The molecule has 7 heteroatoms. The van der Waals surface area contributed by atoms with Crippen LogP contribution < -0.4 is 10.2 Å². The number of fused-ring (bicyclic) bond motifs is 1. The van der Waals surface area contributed by atoms with Crippen molar-refractivity contribution in [2.45, 2.75) is 24.2 Å². The number of pyridine rings is 1. The van der Waals surface area contributed by atoms with Gasteiger partial charge in [0.1, 0.15) is 5.82 Å². The number of benzene rings is 2. The highest BCUT2D eigenvalue weighted by molar-refractivity contribution is 7.40.